The maximum atomic E-state index is 12.1. The van der Waals surface area contributed by atoms with Crippen LogP contribution in [0.5, 0.6) is 0 Å². The third-order valence-corrected chi connectivity index (χ3v) is 4.14. The fourth-order valence-corrected chi connectivity index (χ4v) is 2.55. The van der Waals surface area contributed by atoms with Crippen LogP contribution in [0.15, 0.2) is 12.3 Å². The molecule has 1 aromatic rings. The highest BCUT2D eigenvalue weighted by molar-refractivity contribution is 5.92. The summed E-state index contributed by atoms with van der Waals surface area (Å²) in [5.41, 5.74) is 0.401. The summed E-state index contributed by atoms with van der Waals surface area (Å²) in [5, 5.41) is 13.3. The van der Waals surface area contributed by atoms with Crippen LogP contribution < -0.4 is 16.0 Å². The van der Waals surface area contributed by atoms with Crippen molar-refractivity contribution in [1.82, 2.24) is 25.7 Å². The van der Waals surface area contributed by atoms with Crippen LogP contribution >= 0.6 is 0 Å². The quantitative estimate of drug-likeness (QED) is 0.694. The molecular formula is C16H27N5O2. The predicted molar refractivity (Wildman–Crippen MR) is 88.2 cm³/mol. The van der Waals surface area contributed by atoms with E-state index in [9.17, 15) is 9.59 Å². The number of hydrogen-bond donors (Lipinski definition) is 3. The molecule has 23 heavy (non-hydrogen) atoms. The Morgan fingerprint density at radius 3 is 3.04 bits per heavy atom. The lowest BCUT2D eigenvalue weighted by atomic mass is 10.1. The summed E-state index contributed by atoms with van der Waals surface area (Å²) in [7, 11) is 0. The van der Waals surface area contributed by atoms with Crippen LogP contribution in [0.25, 0.3) is 0 Å². The molecule has 2 unspecified atom stereocenters. The van der Waals surface area contributed by atoms with E-state index >= 15 is 0 Å². The maximum absolute atomic E-state index is 12.1. The van der Waals surface area contributed by atoms with Gasteiger partial charge in [-0.25, -0.2) is 0 Å². The van der Waals surface area contributed by atoms with Crippen LogP contribution in [0.1, 0.15) is 56.1 Å². The second kappa shape index (κ2) is 8.67. The molecule has 1 aromatic heterocycles. The Morgan fingerprint density at radius 2 is 2.35 bits per heavy atom. The SMILES string of the molecule is CCC(C)NC(=O)CCNC(=O)c1ccn(C2CCCNC2)n1. The molecular weight excluding hydrogens is 294 g/mol. The van der Waals surface area contributed by atoms with E-state index in [0.717, 1.165) is 32.4 Å². The number of piperidine rings is 1. The van der Waals surface area contributed by atoms with Crippen molar-refractivity contribution < 1.29 is 9.59 Å². The van der Waals surface area contributed by atoms with Crippen LogP contribution in [0, 0.1) is 0 Å². The summed E-state index contributed by atoms with van der Waals surface area (Å²) >= 11 is 0. The molecule has 7 heteroatoms. The van der Waals surface area contributed by atoms with Gasteiger partial charge in [-0.2, -0.15) is 5.10 Å². The third-order valence-electron chi connectivity index (χ3n) is 4.14. The van der Waals surface area contributed by atoms with Crippen LogP contribution in [0.4, 0.5) is 0 Å². The van der Waals surface area contributed by atoms with Crippen molar-refractivity contribution in [3.63, 3.8) is 0 Å². The van der Waals surface area contributed by atoms with Crippen molar-refractivity contribution in [3.8, 4) is 0 Å². The Labute approximate surface area is 137 Å². The molecule has 128 valence electrons. The predicted octanol–water partition coefficient (Wildman–Crippen LogP) is 0.842. The van der Waals surface area contributed by atoms with Gasteiger partial charge in [-0.3, -0.25) is 14.3 Å². The topological polar surface area (TPSA) is 88.0 Å². The molecule has 0 aliphatic carbocycles. The van der Waals surface area contributed by atoms with Gasteiger partial charge in [0.15, 0.2) is 0 Å². The Kier molecular flexibility index (Phi) is 6.58. The van der Waals surface area contributed by atoms with Gasteiger partial charge in [0.2, 0.25) is 5.91 Å². The number of rotatable bonds is 7. The lowest BCUT2D eigenvalue weighted by Crippen LogP contribution is -2.35. The molecule has 1 aliphatic rings. The minimum Gasteiger partial charge on any atom is -0.354 e. The zero-order valence-corrected chi connectivity index (χ0v) is 14.0. The van der Waals surface area contributed by atoms with E-state index in [1.807, 2.05) is 24.7 Å². The fourth-order valence-electron chi connectivity index (χ4n) is 2.55. The minimum atomic E-state index is -0.233. The molecule has 3 N–H and O–H groups in total. The third kappa shape index (κ3) is 5.35. The Hall–Kier alpha value is -1.89. The summed E-state index contributed by atoms with van der Waals surface area (Å²) in [5.74, 6) is -0.276. The molecule has 0 saturated carbocycles. The molecule has 2 rings (SSSR count). The molecule has 1 fully saturated rings. The summed E-state index contributed by atoms with van der Waals surface area (Å²) < 4.78 is 1.86. The first-order chi connectivity index (χ1) is 11.1. The highest BCUT2D eigenvalue weighted by Gasteiger charge is 2.17. The largest absolute Gasteiger partial charge is 0.354 e. The molecule has 1 saturated heterocycles. The first-order valence-electron chi connectivity index (χ1n) is 8.43. The van der Waals surface area contributed by atoms with E-state index in [1.54, 1.807) is 6.07 Å². The molecule has 2 heterocycles. The molecule has 0 spiro atoms. The van der Waals surface area contributed by atoms with Crippen molar-refractivity contribution in [1.29, 1.82) is 0 Å². The van der Waals surface area contributed by atoms with Crippen molar-refractivity contribution in [2.75, 3.05) is 19.6 Å². The zero-order chi connectivity index (χ0) is 16.7. The van der Waals surface area contributed by atoms with Crippen molar-refractivity contribution in [3.05, 3.63) is 18.0 Å². The van der Waals surface area contributed by atoms with E-state index in [1.165, 1.54) is 0 Å². The van der Waals surface area contributed by atoms with Crippen molar-refractivity contribution in [2.45, 2.75) is 51.6 Å². The van der Waals surface area contributed by atoms with Gasteiger partial charge in [0.05, 0.1) is 6.04 Å². The van der Waals surface area contributed by atoms with E-state index < -0.39 is 0 Å². The van der Waals surface area contributed by atoms with Gasteiger partial charge in [0.1, 0.15) is 5.69 Å². The Morgan fingerprint density at radius 1 is 1.52 bits per heavy atom. The average molecular weight is 321 g/mol. The summed E-state index contributed by atoms with van der Waals surface area (Å²) in [6.07, 6.45) is 5.22. The number of carbonyl (C=O) groups is 2. The first-order valence-corrected chi connectivity index (χ1v) is 8.43. The molecule has 0 radical (unpaired) electrons. The van der Waals surface area contributed by atoms with Gasteiger partial charge in [0.25, 0.3) is 5.91 Å². The zero-order valence-electron chi connectivity index (χ0n) is 14.0. The number of nitrogens with zero attached hydrogens (tertiary/aromatic N) is 2. The molecule has 2 amide bonds. The van der Waals surface area contributed by atoms with Gasteiger partial charge in [-0.1, -0.05) is 6.92 Å². The Balaban J connectivity index is 1.75. The first kappa shape index (κ1) is 17.5. The van der Waals surface area contributed by atoms with Gasteiger partial charge in [0, 0.05) is 31.7 Å². The van der Waals surface area contributed by atoms with Gasteiger partial charge >= 0.3 is 0 Å². The van der Waals surface area contributed by atoms with Gasteiger partial charge in [-0.15, -0.1) is 0 Å². The highest BCUT2D eigenvalue weighted by atomic mass is 16.2. The summed E-state index contributed by atoms with van der Waals surface area (Å²) in [6.45, 7) is 6.23. The van der Waals surface area contributed by atoms with Crippen LogP contribution in [0.3, 0.4) is 0 Å². The summed E-state index contributed by atoms with van der Waals surface area (Å²) in [6, 6.07) is 2.20. The van der Waals surface area contributed by atoms with E-state index in [4.69, 9.17) is 0 Å². The maximum Gasteiger partial charge on any atom is 0.271 e. The van der Waals surface area contributed by atoms with Crippen LogP contribution in [-0.4, -0.2) is 47.3 Å². The molecule has 0 bridgehead atoms. The molecule has 7 nitrogen and oxygen atoms in total. The normalized spacial score (nSPS) is 19.1. The van der Waals surface area contributed by atoms with E-state index in [2.05, 4.69) is 21.0 Å². The average Bonchev–Trinajstić information content (AvgIpc) is 3.05. The fraction of sp³-hybridized carbons (Fsp3) is 0.688. The van der Waals surface area contributed by atoms with E-state index in [-0.39, 0.29) is 24.3 Å². The van der Waals surface area contributed by atoms with Crippen LogP contribution in [-0.2, 0) is 4.79 Å². The van der Waals surface area contributed by atoms with Gasteiger partial charge < -0.3 is 16.0 Å². The van der Waals surface area contributed by atoms with Crippen molar-refractivity contribution in [2.24, 2.45) is 0 Å². The lowest BCUT2D eigenvalue weighted by molar-refractivity contribution is -0.121. The second-order valence-corrected chi connectivity index (χ2v) is 6.06. The number of amides is 2. The monoisotopic (exact) mass is 321 g/mol. The van der Waals surface area contributed by atoms with Crippen LogP contribution in [0.2, 0.25) is 0 Å². The number of aromatic nitrogens is 2. The summed E-state index contributed by atoms with van der Waals surface area (Å²) in [4.78, 5) is 23.7. The molecule has 2 atom stereocenters. The number of carbonyl (C=O) groups excluding carboxylic acids is 2. The molecule has 0 aromatic carbocycles. The Bertz CT molecular complexity index is 522. The second-order valence-electron chi connectivity index (χ2n) is 6.06. The minimum absolute atomic E-state index is 0.0431. The van der Waals surface area contributed by atoms with E-state index in [0.29, 0.717) is 18.3 Å². The smallest absolute Gasteiger partial charge is 0.271 e. The van der Waals surface area contributed by atoms with Crippen molar-refractivity contribution >= 4 is 11.8 Å². The number of nitrogens with one attached hydrogen (secondary N) is 3. The standard InChI is InChI=1S/C16H27N5O2/c1-3-12(2)19-15(22)6-9-18-16(23)14-7-10-21(20-14)13-5-4-8-17-11-13/h7,10,12-13,17H,3-6,8-9,11H2,1-2H3,(H,18,23)(H,19,22). The highest BCUT2D eigenvalue weighted by Crippen LogP contribution is 2.15. The lowest BCUT2D eigenvalue weighted by Gasteiger charge is -2.22. The van der Waals surface area contributed by atoms with Gasteiger partial charge in [-0.05, 0) is 38.8 Å². The molecule has 1 aliphatic heterocycles. The number of hydrogen-bond acceptors (Lipinski definition) is 4.